The number of rotatable bonds is 2. The van der Waals surface area contributed by atoms with Gasteiger partial charge in [-0.2, -0.15) is 13.2 Å². The van der Waals surface area contributed by atoms with Gasteiger partial charge in [0.15, 0.2) is 11.2 Å². The van der Waals surface area contributed by atoms with Gasteiger partial charge in [-0.05, 0) is 31.5 Å². The lowest BCUT2D eigenvalue weighted by molar-refractivity contribution is -0.144. The summed E-state index contributed by atoms with van der Waals surface area (Å²) in [6, 6.07) is 3.40. The number of aromatic amines is 1. The van der Waals surface area contributed by atoms with Gasteiger partial charge in [0.05, 0.1) is 29.9 Å². The summed E-state index contributed by atoms with van der Waals surface area (Å²) in [5, 5.41) is 11.3. The molecule has 2 N–H and O–H groups in total. The number of amides is 1. The number of piperidine rings is 1. The number of hydrogen-bond acceptors (Lipinski definition) is 6. The second-order valence-electron chi connectivity index (χ2n) is 9.23. The van der Waals surface area contributed by atoms with E-state index in [-0.39, 0.29) is 47.3 Å². The number of β-amino-alcohol motifs (C(OH)–C–C–N with tert-alkyl or cyclic N) is 1. The first-order chi connectivity index (χ1) is 16.8. The number of hydrogen-bond donors (Lipinski definition) is 2. The van der Waals surface area contributed by atoms with Crippen LogP contribution in [0.15, 0.2) is 34.1 Å². The van der Waals surface area contributed by atoms with Crippen molar-refractivity contribution in [2.24, 2.45) is 14.1 Å². The van der Waals surface area contributed by atoms with Gasteiger partial charge in [-0.3, -0.25) is 18.7 Å². The summed E-state index contributed by atoms with van der Waals surface area (Å²) in [5.74, 6) is -1.62. The first-order valence-corrected chi connectivity index (χ1v) is 11.0. The molecule has 1 aliphatic rings. The lowest BCUT2D eigenvalue weighted by Gasteiger charge is -2.43. The number of aromatic nitrogens is 6. The van der Waals surface area contributed by atoms with Crippen LogP contribution in [0.25, 0.3) is 22.2 Å². The van der Waals surface area contributed by atoms with Crippen LogP contribution < -0.4 is 11.2 Å². The Kier molecular flexibility index (Phi) is 5.14. The zero-order valence-electron chi connectivity index (χ0n) is 19.5. The number of carbonyl (C=O) groups is 1. The molecule has 0 radical (unpaired) electrons. The third-order valence-corrected chi connectivity index (χ3v) is 6.69. The predicted molar refractivity (Wildman–Crippen MR) is 121 cm³/mol. The molecule has 0 unspecified atom stereocenters. The molecular formula is C22H22F3N7O4. The van der Waals surface area contributed by atoms with Crippen molar-refractivity contribution in [1.29, 1.82) is 0 Å². The highest BCUT2D eigenvalue weighted by atomic mass is 19.4. The maximum absolute atomic E-state index is 13.2. The Morgan fingerprint density at radius 3 is 2.61 bits per heavy atom. The number of H-pyrrole nitrogens is 1. The minimum absolute atomic E-state index is 0.0705. The van der Waals surface area contributed by atoms with E-state index < -0.39 is 40.8 Å². The molecule has 0 aliphatic carbocycles. The Hall–Kier alpha value is -3.94. The summed E-state index contributed by atoms with van der Waals surface area (Å²) in [6.45, 7) is 1.64. The molecule has 0 bridgehead atoms. The van der Waals surface area contributed by atoms with E-state index in [2.05, 4.69) is 15.0 Å². The Morgan fingerprint density at radius 2 is 1.94 bits per heavy atom. The van der Waals surface area contributed by atoms with Crippen LogP contribution in [0.3, 0.4) is 0 Å². The Labute approximate surface area is 200 Å². The van der Waals surface area contributed by atoms with Crippen LogP contribution in [0.1, 0.15) is 35.6 Å². The number of halogens is 3. The van der Waals surface area contributed by atoms with E-state index >= 15 is 0 Å². The van der Waals surface area contributed by atoms with E-state index in [4.69, 9.17) is 0 Å². The number of alkyl halides is 3. The topological polar surface area (TPSA) is 131 Å². The molecule has 5 rings (SSSR count). The molecule has 1 amide bonds. The number of aryl methyl sites for hydroxylation is 1. The minimum Gasteiger partial charge on any atom is -0.386 e. The molecule has 11 nitrogen and oxygen atoms in total. The van der Waals surface area contributed by atoms with Crippen molar-refractivity contribution >= 4 is 28.1 Å². The lowest BCUT2D eigenvalue weighted by atomic mass is 9.88. The molecule has 3 aromatic heterocycles. The zero-order valence-corrected chi connectivity index (χ0v) is 19.5. The van der Waals surface area contributed by atoms with E-state index in [1.165, 1.54) is 59.6 Å². The standard InChI is InChI=1S/C22H22F3N7O4/c1-21(36)9-31(17(33)11-4-5-12-13(8-11)28-19(27-12)22(23,24)25)7-6-14(21)32-10-26-16-15(32)18(34)30(3)20(35)29(16)2/h4-5,8,10,14,36H,6-7,9H2,1-3H3,(H,27,28)/t14-,21-/m1/s1. The second kappa shape index (κ2) is 7.78. The number of nitrogens with one attached hydrogen (secondary N) is 1. The van der Waals surface area contributed by atoms with Gasteiger partial charge in [-0.1, -0.05) is 0 Å². The van der Waals surface area contributed by atoms with Crippen molar-refractivity contribution in [3.8, 4) is 0 Å². The molecule has 1 aromatic carbocycles. The monoisotopic (exact) mass is 505 g/mol. The molecule has 0 spiro atoms. The van der Waals surface area contributed by atoms with Crippen molar-refractivity contribution in [3.63, 3.8) is 0 Å². The van der Waals surface area contributed by atoms with Crippen LogP contribution in [0, 0.1) is 0 Å². The van der Waals surface area contributed by atoms with Crippen LogP contribution in [-0.2, 0) is 20.3 Å². The van der Waals surface area contributed by atoms with Gasteiger partial charge >= 0.3 is 11.9 Å². The molecule has 1 aliphatic heterocycles. The van der Waals surface area contributed by atoms with Gasteiger partial charge in [0.25, 0.3) is 11.5 Å². The number of likely N-dealkylation sites (tertiary alicyclic amines) is 1. The number of imidazole rings is 2. The summed E-state index contributed by atoms with van der Waals surface area (Å²) in [6.07, 6.45) is -2.98. The van der Waals surface area contributed by atoms with Crippen molar-refractivity contribution in [3.05, 3.63) is 56.8 Å². The van der Waals surface area contributed by atoms with Crippen LogP contribution in [0.4, 0.5) is 13.2 Å². The van der Waals surface area contributed by atoms with Crippen molar-refractivity contribution in [1.82, 2.24) is 33.6 Å². The molecule has 36 heavy (non-hydrogen) atoms. The largest absolute Gasteiger partial charge is 0.449 e. The van der Waals surface area contributed by atoms with Crippen LogP contribution in [-0.4, -0.2) is 63.3 Å². The molecular weight excluding hydrogens is 483 g/mol. The molecule has 1 fully saturated rings. The van der Waals surface area contributed by atoms with Gasteiger partial charge in [0, 0.05) is 26.2 Å². The number of carbonyl (C=O) groups excluding carboxylic acids is 1. The normalized spacial score (nSPS) is 21.0. The van der Waals surface area contributed by atoms with Crippen LogP contribution in [0.5, 0.6) is 0 Å². The fraction of sp³-hybridized carbons (Fsp3) is 0.409. The predicted octanol–water partition coefficient (Wildman–Crippen LogP) is 1.17. The van der Waals surface area contributed by atoms with Crippen LogP contribution >= 0.6 is 0 Å². The quantitative estimate of drug-likeness (QED) is 0.421. The molecule has 4 heterocycles. The molecule has 2 atom stereocenters. The van der Waals surface area contributed by atoms with Gasteiger partial charge in [-0.15, -0.1) is 0 Å². The maximum atomic E-state index is 13.2. The van der Waals surface area contributed by atoms with Crippen molar-refractivity contribution < 1.29 is 23.1 Å². The lowest BCUT2D eigenvalue weighted by Crippen LogP contribution is -2.54. The highest BCUT2D eigenvalue weighted by molar-refractivity contribution is 5.97. The maximum Gasteiger partial charge on any atom is 0.449 e. The molecule has 4 aromatic rings. The van der Waals surface area contributed by atoms with E-state index in [1.807, 2.05) is 0 Å². The fourth-order valence-corrected chi connectivity index (χ4v) is 4.83. The Morgan fingerprint density at radius 1 is 1.22 bits per heavy atom. The number of fused-ring (bicyclic) bond motifs is 2. The van der Waals surface area contributed by atoms with Gasteiger partial charge in [0.2, 0.25) is 5.82 Å². The SMILES string of the molecule is Cn1c(=O)c2c(ncn2[C@@H]2CCN(C(=O)c3ccc4nc(C(F)(F)F)[nH]c4c3)C[C@@]2(C)O)n(C)c1=O. The van der Waals surface area contributed by atoms with E-state index in [0.717, 1.165) is 4.57 Å². The van der Waals surface area contributed by atoms with Crippen molar-refractivity contribution in [2.45, 2.75) is 31.2 Å². The Balaban J connectivity index is 1.44. The fourth-order valence-electron chi connectivity index (χ4n) is 4.83. The van der Waals surface area contributed by atoms with E-state index in [9.17, 15) is 32.7 Å². The molecule has 1 saturated heterocycles. The third-order valence-electron chi connectivity index (χ3n) is 6.69. The summed E-state index contributed by atoms with van der Waals surface area (Å²) < 4.78 is 42.6. The third kappa shape index (κ3) is 3.59. The van der Waals surface area contributed by atoms with Crippen molar-refractivity contribution in [2.75, 3.05) is 13.1 Å². The van der Waals surface area contributed by atoms with E-state index in [0.29, 0.717) is 0 Å². The number of nitrogens with zero attached hydrogens (tertiary/aromatic N) is 6. The smallest absolute Gasteiger partial charge is 0.386 e. The zero-order chi connectivity index (χ0) is 26.2. The Bertz CT molecular complexity index is 1640. The van der Waals surface area contributed by atoms with Gasteiger partial charge in [-0.25, -0.2) is 14.8 Å². The first kappa shape index (κ1) is 23.8. The summed E-state index contributed by atoms with van der Waals surface area (Å²) in [5.41, 5.74) is -1.92. The summed E-state index contributed by atoms with van der Waals surface area (Å²) in [7, 11) is 2.85. The summed E-state index contributed by atoms with van der Waals surface area (Å²) in [4.78, 5) is 49.5. The highest BCUT2D eigenvalue weighted by Crippen LogP contribution is 2.34. The highest BCUT2D eigenvalue weighted by Gasteiger charge is 2.42. The van der Waals surface area contributed by atoms with E-state index in [1.54, 1.807) is 0 Å². The molecule has 190 valence electrons. The molecule has 0 saturated carbocycles. The minimum atomic E-state index is -4.64. The second-order valence-corrected chi connectivity index (χ2v) is 9.23. The van der Waals surface area contributed by atoms with Crippen LogP contribution in [0.2, 0.25) is 0 Å². The number of benzene rings is 1. The average Bonchev–Trinajstić information content (AvgIpc) is 3.44. The first-order valence-electron chi connectivity index (χ1n) is 11.0. The number of aliphatic hydroxyl groups is 1. The van der Waals surface area contributed by atoms with Gasteiger partial charge in [0.1, 0.15) is 5.60 Å². The molecule has 14 heteroatoms. The van der Waals surface area contributed by atoms with Gasteiger partial charge < -0.3 is 19.6 Å². The average molecular weight is 505 g/mol. The summed E-state index contributed by atoms with van der Waals surface area (Å²) >= 11 is 0.